The van der Waals surface area contributed by atoms with Crippen molar-refractivity contribution in [2.75, 3.05) is 11.9 Å². The van der Waals surface area contributed by atoms with Crippen molar-refractivity contribution in [3.63, 3.8) is 0 Å². The Bertz CT molecular complexity index is 1240. The van der Waals surface area contributed by atoms with Crippen molar-refractivity contribution < 1.29 is 8.42 Å². The third kappa shape index (κ3) is 4.47. The maximum Gasteiger partial charge on any atom is 0.201 e. The summed E-state index contributed by atoms with van der Waals surface area (Å²) < 4.78 is 23.7. The lowest BCUT2D eigenvalue weighted by Gasteiger charge is -2.15. The Kier molecular flexibility index (Phi) is 6.01. The maximum atomic E-state index is 10.6. The van der Waals surface area contributed by atoms with Crippen LogP contribution in [-0.2, 0) is 17.3 Å². The van der Waals surface area contributed by atoms with Gasteiger partial charge in [0.15, 0.2) is 5.65 Å². The summed E-state index contributed by atoms with van der Waals surface area (Å²) in [6.45, 7) is 2.49. The number of nitrogens with zero attached hydrogens (tertiary/aromatic N) is 3. The molecule has 3 N–H and O–H groups in total. The van der Waals surface area contributed by atoms with E-state index in [1.165, 1.54) is 6.33 Å². The Morgan fingerprint density at radius 3 is 2.77 bits per heavy atom. The Labute approximate surface area is 175 Å². The highest BCUT2D eigenvalue weighted by Crippen LogP contribution is 2.33. The molecule has 0 aliphatic rings. The van der Waals surface area contributed by atoms with E-state index in [2.05, 4.69) is 55.1 Å². The molecule has 2 heterocycles. The molecule has 2 aromatic heterocycles. The zero-order chi connectivity index (χ0) is 20.9. The summed E-state index contributed by atoms with van der Waals surface area (Å²) in [5.41, 5.74) is 7.28. The van der Waals surface area contributed by atoms with E-state index in [4.69, 9.17) is 0 Å². The highest BCUT2D eigenvalue weighted by atomic mass is 32.2. The number of imidazole rings is 1. The lowest BCUT2D eigenvalue weighted by Crippen LogP contribution is -2.13. The second-order valence-electron chi connectivity index (χ2n) is 6.91. The smallest absolute Gasteiger partial charge is 0.201 e. The van der Waals surface area contributed by atoms with Gasteiger partial charge in [0.2, 0.25) is 10.9 Å². The number of aryl methyl sites for hydroxylation is 2. The number of nitrogens with one attached hydrogen (secondary N) is 3. The molecule has 30 heavy (non-hydrogen) atoms. The van der Waals surface area contributed by atoms with Crippen LogP contribution < -0.4 is 10.0 Å². The molecule has 0 radical (unpaired) electrons. The van der Waals surface area contributed by atoms with Crippen molar-refractivity contribution in [3.8, 4) is 11.3 Å². The minimum Gasteiger partial charge on any atom is -0.355 e. The van der Waals surface area contributed by atoms with Crippen molar-refractivity contribution in [2.24, 2.45) is 0 Å². The first kappa shape index (κ1) is 20.0. The van der Waals surface area contributed by atoms with E-state index in [9.17, 15) is 8.42 Å². The molecule has 4 aromatic rings. The molecular weight excluding hydrogens is 400 g/mol. The molecular formula is C21H22N6O2S. The number of aromatic nitrogens is 4. The van der Waals surface area contributed by atoms with Crippen molar-refractivity contribution in [1.29, 1.82) is 0 Å². The van der Waals surface area contributed by atoms with Crippen LogP contribution in [0.4, 0.5) is 11.4 Å². The van der Waals surface area contributed by atoms with Gasteiger partial charge in [-0.15, -0.1) is 0 Å². The van der Waals surface area contributed by atoms with E-state index in [0.29, 0.717) is 12.2 Å². The molecule has 0 unspecified atom stereocenters. The van der Waals surface area contributed by atoms with E-state index in [-0.39, 0.29) is 0 Å². The zero-order valence-electron chi connectivity index (χ0n) is 16.4. The second kappa shape index (κ2) is 9.02. The quantitative estimate of drug-likeness (QED) is 0.256. The number of para-hydroxylation sites is 1. The van der Waals surface area contributed by atoms with Gasteiger partial charge < -0.3 is 10.3 Å². The van der Waals surface area contributed by atoms with Gasteiger partial charge in [0.05, 0.1) is 6.33 Å². The van der Waals surface area contributed by atoms with Gasteiger partial charge in [-0.05, 0) is 43.0 Å². The molecule has 0 fully saturated rings. The predicted octanol–water partition coefficient (Wildman–Crippen LogP) is 3.12. The monoisotopic (exact) mass is 422 g/mol. The molecule has 4 rings (SSSR count). The number of fused-ring (bicyclic) bond motifs is 1. The number of thiol groups is 1. The summed E-state index contributed by atoms with van der Waals surface area (Å²) in [5.74, 6) is 0. The van der Waals surface area contributed by atoms with Gasteiger partial charge in [-0.1, -0.05) is 30.3 Å². The average Bonchev–Trinajstić information content (AvgIpc) is 3.23. The van der Waals surface area contributed by atoms with Crippen LogP contribution in [-0.4, -0.2) is 34.9 Å². The molecule has 0 saturated heterocycles. The minimum atomic E-state index is -2.54. The van der Waals surface area contributed by atoms with Crippen molar-refractivity contribution in [3.05, 3.63) is 66.2 Å². The molecule has 0 amide bonds. The van der Waals surface area contributed by atoms with Crippen molar-refractivity contribution in [2.45, 2.75) is 19.8 Å². The standard InChI is InChI=1S/C21H22N6O2S/c1-14-8-9-15(5-4-10-26-30(28)29)11-18(14)27-17-7-3-2-6-16(17)19-20-21(24-12-22-19)25-13-23-20/h2-3,6-9,11-13,27,30H,4-5,10H2,1H3,(H,26,28,29)(H,22,23,24,25). The third-order valence-electron chi connectivity index (χ3n) is 4.85. The molecule has 0 bridgehead atoms. The predicted molar refractivity (Wildman–Crippen MR) is 118 cm³/mol. The first-order valence-electron chi connectivity index (χ1n) is 9.60. The van der Waals surface area contributed by atoms with Crippen molar-refractivity contribution >= 4 is 33.4 Å². The molecule has 8 nitrogen and oxygen atoms in total. The van der Waals surface area contributed by atoms with E-state index < -0.39 is 10.9 Å². The van der Waals surface area contributed by atoms with Crippen molar-refractivity contribution in [1.82, 2.24) is 24.7 Å². The van der Waals surface area contributed by atoms with Crippen LogP contribution in [0.2, 0.25) is 0 Å². The van der Waals surface area contributed by atoms with E-state index in [1.807, 2.05) is 24.3 Å². The SMILES string of the molecule is Cc1ccc(CCCN[SH](=O)=O)cc1Nc1ccccc1-c1ncnc2[nH]cnc12. The summed E-state index contributed by atoms with van der Waals surface area (Å²) in [5, 5.41) is 3.53. The Morgan fingerprint density at radius 1 is 1.03 bits per heavy atom. The molecule has 0 atom stereocenters. The number of benzene rings is 2. The van der Waals surface area contributed by atoms with E-state index >= 15 is 0 Å². The molecule has 0 saturated carbocycles. The van der Waals surface area contributed by atoms with Gasteiger partial charge in [0.25, 0.3) is 0 Å². The van der Waals surface area contributed by atoms with Gasteiger partial charge in [0.1, 0.15) is 17.5 Å². The Morgan fingerprint density at radius 2 is 1.90 bits per heavy atom. The van der Waals surface area contributed by atoms with E-state index in [1.54, 1.807) is 6.33 Å². The van der Waals surface area contributed by atoms with Crippen LogP contribution in [0.1, 0.15) is 17.5 Å². The third-order valence-corrected chi connectivity index (χ3v) is 5.34. The second-order valence-corrected chi connectivity index (χ2v) is 7.74. The fourth-order valence-corrected chi connectivity index (χ4v) is 3.67. The van der Waals surface area contributed by atoms with E-state index in [0.717, 1.165) is 52.1 Å². The van der Waals surface area contributed by atoms with Crippen LogP contribution >= 0.6 is 0 Å². The van der Waals surface area contributed by atoms with Gasteiger partial charge in [-0.2, -0.15) is 0 Å². The van der Waals surface area contributed by atoms with Crippen LogP contribution in [0.3, 0.4) is 0 Å². The lowest BCUT2D eigenvalue weighted by molar-refractivity contribution is 0.599. The van der Waals surface area contributed by atoms with Crippen LogP contribution in [0, 0.1) is 6.92 Å². The highest BCUT2D eigenvalue weighted by Gasteiger charge is 2.13. The number of aromatic amines is 1. The molecule has 2 aromatic carbocycles. The van der Waals surface area contributed by atoms with Crippen LogP contribution in [0.25, 0.3) is 22.4 Å². The molecule has 9 heteroatoms. The minimum absolute atomic E-state index is 0.436. The van der Waals surface area contributed by atoms with Gasteiger partial charge in [-0.3, -0.25) is 0 Å². The highest BCUT2D eigenvalue weighted by molar-refractivity contribution is 7.70. The van der Waals surface area contributed by atoms with Gasteiger partial charge in [-0.25, -0.2) is 28.1 Å². The number of hydrogen-bond acceptors (Lipinski definition) is 6. The summed E-state index contributed by atoms with van der Waals surface area (Å²) in [6, 6.07) is 14.2. The van der Waals surface area contributed by atoms with Crippen LogP contribution in [0.15, 0.2) is 55.1 Å². The fraction of sp³-hybridized carbons (Fsp3) is 0.190. The summed E-state index contributed by atoms with van der Waals surface area (Å²) in [6.07, 6.45) is 4.67. The number of rotatable bonds is 8. The zero-order valence-corrected chi connectivity index (χ0v) is 17.3. The van der Waals surface area contributed by atoms with Gasteiger partial charge in [0, 0.05) is 23.5 Å². The topological polar surface area (TPSA) is 113 Å². The number of anilines is 2. The largest absolute Gasteiger partial charge is 0.355 e. The number of hydrogen-bond donors (Lipinski definition) is 4. The van der Waals surface area contributed by atoms with Gasteiger partial charge >= 0.3 is 0 Å². The molecule has 0 aliphatic carbocycles. The normalized spacial score (nSPS) is 11.3. The lowest BCUT2D eigenvalue weighted by atomic mass is 10.0. The molecule has 0 aliphatic heterocycles. The average molecular weight is 423 g/mol. The van der Waals surface area contributed by atoms with Crippen LogP contribution in [0.5, 0.6) is 0 Å². The summed E-state index contributed by atoms with van der Waals surface area (Å²) in [4.78, 5) is 16.1. The molecule has 154 valence electrons. The Balaban J connectivity index is 1.61. The molecule has 0 spiro atoms. The summed E-state index contributed by atoms with van der Waals surface area (Å²) >= 11 is 0. The Hall–Kier alpha value is -3.30. The first-order valence-corrected chi connectivity index (χ1v) is 10.8. The first-order chi connectivity index (χ1) is 14.6. The summed E-state index contributed by atoms with van der Waals surface area (Å²) in [7, 11) is -2.54. The maximum absolute atomic E-state index is 10.6. The fourth-order valence-electron chi connectivity index (χ4n) is 3.33. The number of H-pyrrole nitrogens is 1.